The lowest BCUT2D eigenvalue weighted by Gasteiger charge is -2.10. The van der Waals surface area contributed by atoms with Crippen LogP contribution in [0.25, 0.3) is 11.3 Å². The highest BCUT2D eigenvalue weighted by molar-refractivity contribution is 5.92. The van der Waals surface area contributed by atoms with Crippen LogP contribution in [0.3, 0.4) is 0 Å². The average molecular weight is 377 g/mol. The second-order valence-electron chi connectivity index (χ2n) is 5.81. The molecule has 3 aromatic rings. The Kier molecular flexibility index (Phi) is 4.85. The second-order valence-corrected chi connectivity index (χ2v) is 5.81. The summed E-state index contributed by atoms with van der Waals surface area (Å²) >= 11 is 0. The first kappa shape index (κ1) is 18.4. The molecule has 0 amide bonds. The molecule has 0 aliphatic carbocycles. The Morgan fingerprint density at radius 2 is 1.89 bits per heavy atom. The standard InChI is InChI=1S/C18H14F3N3O3/c1-11-3-2-4-13(9-11)16-15(17(25)26)22-23-24(16)10-12-5-7-14(8-6-12)27-18(19,20)21/h2-9H,10H2,1H3,(H,25,26). The van der Waals surface area contributed by atoms with Gasteiger partial charge in [-0.3, -0.25) is 0 Å². The fourth-order valence-corrected chi connectivity index (χ4v) is 2.62. The molecule has 0 fully saturated rings. The largest absolute Gasteiger partial charge is 0.573 e. The van der Waals surface area contributed by atoms with Gasteiger partial charge in [-0.05, 0) is 30.7 Å². The quantitative estimate of drug-likeness (QED) is 0.730. The van der Waals surface area contributed by atoms with Crippen molar-refractivity contribution in [1.82, 2.24) is 15.0 Å². The number of aryl methyl sites for hydroxylation is 1. The van der Waals surface area contributed by atoms with Crippen LogP contribution in [-0.2, 0) is 6.54 Å². The molecule has 27 heavy (non-hydrogen) atoms. The zero-order valence-electron chi connectivity index (χ0n) is 14.1. The number of hydrogen-bond acceptors (Lipinski definition) is 4. The van der Waals surface area contributed by atoms with Gasteiger partial charge in [0.2, 0.25) is 0 Å². The van der Waals surface area contributed by atoms with Gasteiger partial charge in [-0.1, -0.05) is 41.1 Å². The van der Waals surface area contributed by atoms with Crippen molar-refractivity contribution in [2.75, 3.05) is 0 Å². The Morgan fingerprint density at radius 3 is 2.48 bits per heavy atom. The molecular formula is C18H14F3N3O3. The number of carbonyl (C=O) groups is 1. The molecule has 0 saturated heterocycles. The fourth-order valence-electron chi connectivity index (χ4n) is 2.62. The topological polar surface area (TPSA) is 77.2 Å². The van der Waals surface area contributed by atoms with E-state index >= 15 is 0 Å². The van der Waals surface area contributed by atoms with Gasteiger partial charge in [-0.15, -0.1) is 18.3 Å². The summed E-state index contributed by atoms with van der Waals surface area (Å²) in [6, 6.07) is 12.5. The zero-order valence-corrected chi connectivity index (χ0v) is 14.1. The maximum Gasteiger partial charge on any atom is 0.573 e. The van der Waals surface area contributed by atoms with Crippen molar-refractivity contribution >= 4 is 5.97 Å². The highest BCUT2D eigenvalue weighted by atomic mass is 19.4. The number of alkyl halides is 3. The molecule has 1 N–H and O–H groups in total. The van der Waals surface area contributed by atoms with E-state index in [9.17, 15) is 23.1 Å². The number of benzene rings is 2. The number of ether oxygens (including phenoxy) is 1. The van der Waals surface area contributed by atoms with Crippen molar-refractivity contribution in [1.29, 1.82) is 0 Å². The normalized spacial score (nSPS) is 11.4. The lowest BCUT2D eigenvalue weighted by Crippen LogP contribution is -2.17. The van der Waals surface area contributed by atoms with Crippen molar-refractivity contribution < 1.29 is 27.8 Å². The van der Waals surface area contributed by atoms with E-state index < -0.39 is 12.3 Å². The zero-order chi connectivity index (χ0) is 19.6. The summed E-state index contributed by atoms with van der Waals surface area (Å²) < 4.78 is 42.0. The summed E-state index contributed by atoms with van der Waals surface area (Å²) in [6.45, 7) is 2.01. The van der Waals surface area contributed by atoms with Gasteiger partial charge in [-0.2, -0.15) is 0 Å². The van der Waals surface area contributed by atoms with Gasteiger partial charge in [0.1, 0.15) is 11.4 Å². The molecule has 0 saturated carbocycles. The van der Waals surface area contributed by atoms with Crippen LogP contribution in [0.2, 0.25) is 0 Å². The Balaban J connectivity index is 1.92. The monoisotopic (exact) mass is 377 g/mol. The molecule has 0 spiro atoms. The number of aromatic nitrogens is 3. The Bertz CT molecular complexity index is 966. The van der Waals surface area contributed by atoms with E-state index in [1.54, 1.807) is 12.1 Å². The summed E-state index contributed by atoms with van der Waals surface area (Å²) in [5.74, 6) is -1.55. The molecule has 0 bridgehead atoms. The maximum atomic E-state index is 12.2. The lowest BCUT2D eigenvalue weighted by molar-refractivity contribution is -0.274. The molecule has 0 aliphatic rings. The van der Waals surface area contributed by atoms with Crippen LogP contribution >= 0.6 is 0 Å². The molecule has 1 aromatic heterocycles. The van der Waals surface area contributed by atoms with Gasteiger partial charge in [0.15, 0.2) is 5.69 Å². The highest BCUT2D eigenvalue weighted by Gasteiger charge is 2.31. The molecule has 140 valence electrons. The molecule has 0 aliphatic heterocycles. The molecule has 9 heteroatoms. The average Bonchev–Trinajstić information content (AvgIpc) is 2.99. The van der Waals surface area contributed by atoms with Crippen LogP contribution < -0.4 is 4.74 Å². The maximum absolute atomic E-state index is 12.2. The van der Waals surface area contributed by atoms with Crippen LogP contribution in [0.15, 0.2) is 48.5 Å². The SMILES string of the molecule is Cc1cccc(-c2c(C(=O)O)nnn2Cc2ccc(OC(F)(F)F)cc2)c1. The summed E-state index contributed by atoms with van der Waals surface area (Å²) in [4.78, 5) is 11.5. The van der Waals surface area contributed by atoms with Crippen LogP contribution in [-0.4, -0.2) is 32.4 Å². The minimum atomic E-state index is -4.76. The minimum absolute atomic E-state index is 0.135. The highest BCUT2D eigenvalue weighted by Crippen LogP contribution is 2.26. The van der Waals surface area contributed by atoms with Crippen molar-refractivity contribution in [2.24, 2.45) is 0 Å². The molecule has 6 nitrogen and oxygen atoms in total. The smallest absolute Gasteiger partial charge is 0.476 e. The van der Waals surface area contributed by atoms with E-state index in [0.29, 0.717) is 16.8 Å². The van der Waals surface area contributed by atoms with E-state index in [1.165, 1.54) is 28.9 Å². The number of hydrogen-bond donors (Lipinski definition) is 1. The molecule has 0 radical (unpaired) electrons. The Hall–Kier alpha value is -3.36. The Morgan fingerprint density at radius 1 is 1.19 bits per heavy atom. The number of aromatic carboxylic acids is 1. The van der Waals surface area contributed by atoms with Crippen molar-refractivity contribution in [3.8, 4) is 17.0 Å². The van der Waals surface area contributed by atoms with Crippen molar-refractivity contribution in [3.05, 3.63) is 65.4 Å². The van der Waals surface area contributed by atoms with Gasteiger partial charge in [0.05, 0.1) is 6.54 Å². The van der Waals surface area contributed by atoms with Crippen LogP contribution in [0.4, 0.5) is 13.2 Å². The number of nitrogens with zero attached hydrogens (tertiary/aromatic N) is 3. The summed E-state index contributed by atoms with van der Waals surface area (Å²) in [7, 11) is 0. The van der Waals surface area contributed by atoms with Crippen molar-refractivity contribution in [3.63, 3.8) is 0 Å². The summed E-state index contributed by atoms with van der Waals surface area (Å²) in [5, 5.41) is 17.0. The molecule has 2 aromatic carbocycles. The number of carboxylic acid groups (broad SMARTS) is 1. The number of carboxylic acids is 1. The van der Waals surface area contributed by atoms with Crippen molar-refractivity contribution in [2.45, 2.75) is 19.8 Å². The molecule has 1 heterocycles. The fraction of sp³-hybridized carbons (Fsp3) is 0.167. The predicted molar refractivity (Wildman–Crippen MR) is 89.4 cm³/mol. The van der Waals surface area contributed by atoms with E-state index in [2.05, 4.69) is 15.0 Å². The third kappa shape index (κ3) is 4.43. The second kappa shape index (κ2) is 7.10. The minimum Gasteiger partial charge on any atom is -0.476 e. The van der Waals surface area contributed by atoms with E-state index in [1.807, 2.05) is 19.1 Å². The van der Waals surface area contributed by atoms with Gasteiger partial charge in [-0.25, -0.2) is 9.48 Å². The van der Waals surface area contributed by atoms with Crippen LogP contribution in [0, 0.1) is 6.92 Å². The first-order valence-corrected chi connectivity index (χ1v) is 7.81. The lowest BCUT2D eigenvalue weighted by atomic mass is 10.1. The van der Waals surface area contributed by atoms with Gasteiger partial charge < -0.3 is 9.84 Å². The molecule has 0 atom stereocenters. The molecule has 0 unspecified atom stereocenters. The number of halogens is 3. The van der Waals surface area contributed by atoms with Crippen LogP contribution in [0.5, 0.6) is 5.75 Å². The summed E-state index contributed by atoms with van der Waals surface area (Å²) in [6.07, 6.45) is -4.76. The molecular weight excluding hydrogens is 363 g/mol. The van der Waals surface area contributed by atoms with E-state index in [4.69, 9.17) is 0 Å². The van der Waals surface area contributed by atoms with Crippen LogP contribution in [0.1, 0.15) is 21.6 Å². The van der Waals surface area contributed by atoms with Gasteiger partial charge in [0, 0.05) is 5.56 Å². The van der Waals surface area contributed by atoms with E-state index in [0.717, 1.165) is 5.56 Å². The first-order valence-electron chi connectivity index (χ1n) is 7.81. The predicted octanol–water partition coefficient (Wildman–Crippen LogP) is 3.90. The van der Waals surface area contributed by atoms with Gasteiger partial charge in [0.25, 0.3) is 0 Å². The third-order valence-corrected chi connectivity index (χ3v) is 3.72. The number of rotatable bonds is 5. The molecule has 3 rings (SSSR count). The van der Waals surface area contributed by atoms with E-state index in [-0.39, 0.29) is 18.0 Å². The summed E-state index contributed by atoms with van der Waals surface area (Å²) in [5.41, 5.74) is 2.30. The first-order chi connectivity index (χ1) is 12.7. The third-order valence-electron chi connectivity index (χ3n) is 3.72. The Labute approximate surface area is 151 Å². The van der Waals surface area contributed by atoms with Gasteiger partial charge >= 0.3 is 12.3 Å².